The first kappa shape index (κ1) is 15.9. The van der Waals surface area contributed by atoms with E-state index in [9.17, 15) is 4.79 Å². The van der Waals surface area contributed by atoms with Crippen molar-refractivity contribution < 1.29 is 9.53 Å². The first-order valence-electron chi connectivity index (χ1n) is 8.78. The molecule has 4 rings (SSSR count). The summed E-state index contributed by atoms with van der Waals surface area (Å²) in [6.07, 6.45) is 3.33. The Balaban J connectivity index is 1.41. The Labute approximate surface area is 147 Å². The van der Waals surface area contributed by atoms with Gasteiger partial charge in [0, 0.05) is 31.7 Å². The van der Waals surface area contributed by atoms with Crippen molar-refractivity contribution in [1.29, 1.82) is 0 Å². The molecule has 130 valence electrons. The number of carbonyl (C=O) groups is 1. The van der Waals surface area contributed by atoms with E-state index in [0.717, 1.165) is 37.4 Å². The number of nitrogens with zero attached hydrogens (tertiary/aromatic N) is 4. The summed E-state index contributed by atoms with van der Waals surface area (Å²) in [4.78, 5) is 16.8. The summed E-state index contributed by atoms with van der Waals surface area (Å²) < 4.78 is 5.21. The van der Waals surface area contributed by atoms with Gasteiger partial charge >= 0.3 is 0 Å². The molecule has 0 radical (unpaired) electrons. The Bertz CT molecular complexity index is 785. The Morgan fingerprint density at radius 3 is 2.72 bits per heavy atom. The molecule has 0 N–H and O–H groups in total. The number of fused-ring (bicyclic) bond motifs is 1. The van der Waals surface area contributed by atoms with Crippen LogP contribution in [0.1, 0.15) is 28.0 Å². The fourth-order valence-corrected chi connectivity index (χ4v) is 3.55. The minimum atomic E-state index is 0.0542. The standard InChI is InChI=1S/C19H22N4O2/c1-25-16-6-2-5-15(12-16)19(24)23-10-8-22(9-11-23)18-13-14-4-3-7-17(14)20-21-18/h2,5-6,12-13H,3-4,7-11H2,1H3. The van der Waals surface area contributed by atoms with Gasteiger partial charge in [0.1, 0.15) is 5.75 Å². The summed E-state index contributed by atoms with van der Waals surface area (Å²) in [5, 5.41) is 8.75. The van der Waals surface area contributed by atoms with E-state index >= 15 is 0 Å². The minimum absolute atomic E-state index is 0.0542. The highest BCUT2D eigenvalue weighted by Crippen LogP contribution is 2.23. The van der Waals surface area contributed by atoms with Crippen LogP contribution in [0.3, 0.4) is 0 Å². The molecular formula is C19H22N4O2. The predicted octanol–water partition coefficient (Wildman–Crippen LogP) is 1.94. The number of amides is 1. The number of aryl methyl sites for hydroxylation is 2. The van der Waals surface area contributed by atoms with Gasteiger partial charge in [-0.1, -0.05) is 6.07 Å². The molecule has 0 unspecified atom stereocenters. The third-order valence-corrected chi connectivity index (χ3v) is 5.01. The topological polar surface area (TPSA) is 58.6 Å². The SMILES string of the molecule is COc1cccc(C(=O)N2CCN(c3cc4c(nn3)CCC4)CC2)c1. The second-order valence-corrected chi connectivity index (χ2v) is 6.54. The first-order chi connectivity index (χ1) is 12.2. The molecule has 25 heavy (non-hydrogen) atoms. The van der Waals surface area contributed by atoms with Crippen molar-refractivity contribution in [3.8, 4) is 5.75 Å². The van der Waals surface area contributed by atoms with Crippen molar-refractivity contribution in [2.24, 2.45) is 0 Å². The number of hydrogen-bond acceptors (Lipinski definition) is 5. The van der Waals surface area contributed by atoms with E-state index in [2.05, 4.69) is 21.2 Å². The van der Waals surface area contributed by atoms with E-state index in [-0.39, 0.29) is 5.91 Å². The maximum absolute atomic E-state index is 12.7. The lowest BCUT2D eigenvalue weighted by molar-refractivity contribution is 0.0746. The number of methoxy groups -OCH3 is 1. The van der Waals surface area contributed by atoms with Crippen molar-refractivity contribution in [2.75, 3.05) is 38.2 Å². The molecule has 2 aromatic rings. The third-order valence-electron chi connectivity index (χ3n) is 5.01. The van der Waals surface area contributed by atoms with Crippen molar-refractivity contribution in [1.82, 2.24) is 15.1 Å². The van der Waals surface area contributed by atoms with Crippen LogP contribution in [0.5, 0.6) is 5.75 Å². The molecule has 1 fully saturated rings. The molecule has 2 heterocycles. The molecule has 1 amide bonds. The lowest BCUT2D eigenvalue weighted by Gasteiger charge is -2.35. The van der Waals surface area contributed by atoms with Crippen LogP contribution in [-0.4, -0.2) is 54.3 Å². The molecular weight excluding hydrogens is 316 g/mol. The Morgan fingerprint density at radius 1 is 1.08 bits per heavy atom. The van der Waals surface area contributed by atoms with E-state index < -0.39 is 0 Å². The molecule has 1 aromatic carbocycles. The summed E-state index contributed by atoms with van der Waals surface area (Å²) in [6.45, 7) is 2.94. The summed E-state index contributed by atoms with van der Waals surface area (Å²) >= 11 is 0. The molecule has 0 saturated carbocycles. The van der Waals surface area contributed by atoms with E-state index in [1.54, 1.807) is 13.2 Å². The number of benzene rings is 1. The van der Waals surface area contributed by atoms with Crippen LogP contribution < -0.4 is 9.64 Å². The summed E-state index contributed by atoms with van der Waals surface area (Å²) in [6, 6.07) is 9.50. The van der Waals surface area contributed by atoms with E-state index in [1.165, 1.54) is 12.0 Å². The smallest absolute Gasteiger partial charge is 0.254 e. The van der Waals surface area contributed by atoms with Gasteiger partial charge in [0.2, 0.25) is 0 Å². The van der Waals surface area contributed by atoms with Gasteiger partial charge in [-0.25, -0.2) is 0 Å². The Morgan fingerprint density at radius 2 is 1.92 bits per heavy atom. The minimum Gasteiger partial charge on any atom is -0.497 e. The fraction of sp³-hybridized carbons (Fsp3) is 0.421. The number of ether oxygens (including phenoxy) is 1. The van der Waals surface area contributed by atoms with Crippen molar-refractivity contribution >= 4 is 11.7 Å². The van der Waals surface area contributed by atoms with Crippen LogP contribution in [0.4, 0.5) is 5.82 Å². The average Bonchev–Trinajstić information content (AvgIpc) is 3.15. The zero-order valence-electron chi connectivity index (χ0n) is 14.4. The molecule has 1 aromatic heterocycles. The van der Waals surface area contributed by atoms with Crippen molar-refractivity contribution in [3.05, 3.63) is 47.2 Å². The van der Waals surface area contributed by atoms with Crippen LogP contribution in [0.25, 0.3) is 0 Å². The molecule has 1 saturated heterocycles. The van der Waals surface area contributed by atoms with Gasteiger partial charge in [0.05, 0.1) is 12.8 Å². The quantitative estimate of drug-likeness (QED) is 0.856. The van der Waals surface area contributed by atoms with Crippen LogP contribution >= 0.6 is 0 Å². The summed E-state index contributed by atoms with van der Waals surface area (Å²) in [5.74, 6) is 1.70. The van der Waals surface area contributed by atoms with Crippen molar-refractivity contribution in [2.45, 2.75) is 19.3 Å². The van der Waals surface area contributed by atoms with Gasteiger partial charge in [-0.2, -0.15) is 5.10 Å². The molecule has 1 aliphatic carbocycles. The first-order valence-corrected chi connectivity index (χ1v) is 8.78. The van der Waals surface area contributed by atoms with Gasteiger partial charge < -0.3 is 14.5 Å². The zero-order chi connectivity index (χ0) is 17.2. The second-order valence-electron chi connectivity index (χ2n) is 6.54. The number of aromatic nitrogens is 2. The van der Waals surface area contributed by atoms with Gasteiger partial charge in [-0.05, 0) is 49.1 Å². The molecule has 0 bridgehead atoms. The number of anilines is 1. The average molecular weight is 338 g/mol. The van der Waals surface area contributed by atoms with Crippen LogP contribution in [0.2, 0.25) is 0 Å². The van der Waals surface area contributed by atoms with Gasteiger partial charge in [0.15, 0.2) is 5.82 Å². The van der Waals surface area contributed by atoms with Crippen LogP contribution in [0.15, 0.2) is 30.3 Å². The number of rotatable bonds is 3. The summed E-state index contributed by atoms with van der Waals surface area (Å²) in [5.41, 5.74) is 3.15. The van der Waals surface area contributed by atoms with Crippen molar-refractivity contribution in [3.63, 3.8) is 0 Å². The maximum Gasteiger partial charge on any atom is 0.254 e. The highest BCUT2D eigenvalue weighted by atomic mass is 16.5. The van der Waals surface area contributed by atoms with Crippen LogP contribution in [0, 0.1) is 0 Å². The second kappa shape index (κ2) is 6.70. The highest BCUT2D eigenvalue weighted by molar-refractivity contribution is 5.94. The third kappa shape index (κ3) is 3.16. The monoisotopic (exact) mass is 338 g/mol. The van der Waals surface area contributed by atoms with E-state index in [0.29, 0.717) is 24.4 Å². The molecule has 1 aliphatic heterocycles. The largest absolute Gasteiger partial charge is 0.497 e. The molecule has 0 atom stereocenters. The summed E-state index contributed by atoms with van der Waals surface area (Å²) in [7, 11) is 1.61. The Kier molecular flexibility index (Phi) is 4.26. The van der Waals surface area contributed by atoms with Gasteiger partial charge in [-0.3, -0.25) is 4.79 Å². The lowest BCUT2D eigenvalue weighted by atomic mass is 10.1. The fourth-order valence-electron chi connectivity index (χ4n) is 3.55. The van der Waals surface area contributed by atoms with Gasteiger partial charge in [0.25, 0.3) is 5.91 Å². The lowest BCUT2D eigenvalue weighted by Crippen LogP contribution is -2.49. The number of hydrogen-bond donors (Lipinski definition) is 0. The maximum atomic E-state index is 12.7. The molecule has 2 aliphatic rings. The highest BCUT2D eigenvalue weighted by Gasteiger charge is 2.24. The predicted molar refractivity (Wildman–Crippen MR) is 95.2 cm³/mol. The zero-order valence-corrected chi connectivity index (χ0v) is 14.4. The van der Waals surface area contributed by atoms with E-state index in [4.69, 9.17) is 4.74 Å². The Hall–Kier alpha value is -2.63. The number of piperazine rings is 1. The van der Waals surface area contributed by atoms with Crippen LogP contribution in [-0.2, 0) is 12.8 Å². The van der Waals surface area contributed by atoms with Gasteiger partial charge in [-0.15, -0.1) is 5.10 Å². The molecule has 6 heteroatoms. The normalized spacial score (nSPS) is 16.7. The number of carbonyl (C=O) groups excluding carboxylic acids is 1. The molecule has 0 spiro atoms. The molecule has 6 nitrogen and oxygen atoms in total. The van der Waals surface area contributed by atoms with E-state index in [1.807, 2.05) is 23.1 Å².